The van der Waals surface area contributed by atoms with E-state index in [4.69, 9.17) is 0 Å². The van der Waals surface area contributed by atoms with Crippen molar-refractivity contribution in [1.82, 2.24) is 0 Å². The van der Waals surface area contributed by atoms with Gasteiger partial charge in [0.1, 0.15) is 0 Å². The summed E-state index contributed by atoms with van der Waals surface area (Å²) in [4.78, 5) is 34.3. The van der Waals surface area contributed by atoms with E-state index in [0.29, 0.717) is 0 Å². The van der Waals surface area contributed by atoms with Gasteiger partial charge in [0, 0.05) is 11.8 Å². The van der Waals surface area contributed by atoms with Crippen molar-refractivity contribution in [2.75, 3.05) is 13.7 Å². The molecule has 0 saturated carbocycles. The number of rotatable bonds is 8. The van der Waals surface area contributed by atoms with Crippen LogP contribution in [0.1, 0.15) is 20.3 Å². The Hall–Kier alpha value is -2.49. The van der Waals surface area contributed by atoms with Crippen LogP contribution in [0, 0.1) is 10.1 Å². The van der Waals surface area contributed by atoms with E-state index in [1.54, 1.807) is 6.07 Å². The quantitative estimate of drug-likeness (QED) is 0.375. The fourth-order valence-corrected chi connectivity index (χ4v) is 3.86. The molecule has 10 heteroatoms. The van der Waals surface area contributed by atoms with Gasteiger partial charge in [-0.05, 0) is 19.1 Å². The van der Waals surface area contributed by atoms with Gasteiger partial charge in [-0.15, -0.1) is 0 Å². The van der Waals surface area contributed by atoms with Crippen molar-refractivity contribution >= 4 is 21.8 Å². The van der Waals surface area contributed by atoms with Gasteiger partial charge in [-0.1, -0.05) is 18.2 Å². The van der Waals surface area contributed by atoms with Crippen LogP contribution in [0.25, 0.3) is 0 Å². The van der Waals surface area contributed by atoms with E-state index in [0.717, 1.165) is 14.0 Å². The van der Waals surface area contributed by atoms with Gasteiger partial charge in [0.15, 0.2) is 15.1 Å². The van der Waals surface area contributed by atoms with Crippen LogP contribution >= 0.6 is 0 Å². The fraction of sp³-hybridized carbons (Fsp3) is 0.467. The van der Waals surface area contributed by atoms with Crippen LogP contribution in [0.5, 0.6) is 0 Å². The van der Waals surface area contributed by atoms with Crippen molar-refractivity contribution in [2.45, 2.75) is 36.0 Å². The zero-order valence-electron chi connectivity index (χ0n) is 14.0. The molecule has 0 saturated heterocycles. The number of sulfone groups is 1. The van der Waals surface area contributed by atoms with Gasteiger partial charge in [-0.25, -0.2) is 13.2 Å². The molecule has 25 heavy (non-hydrogen) atoms. The number of benzene rings is 1. The molecular weight excluding hydrogens is 354 g/mol. The van der Waals surface area contributed by atoms with Gasteiger partial charge < -0.3 is 9.47 Å². The van der Waals surface area contributed by atoms with Crippen LogP contribution in [0.4, 0.5) is 0 Å². The summed E-state index contributed by atoms with van der Waals surface area (Å²) in [7, 11) is -3.35. The summed E-state index contributed by atoms with van der Waals surface area (Å²) in [5.41, 5.74) is -2.42. The van der Waals surface area contributed by atoms with E-state index in [9.17, 15) is 28.1 Å². The zero-order valence-corrected chi connectivity index (χ0v) is 14.8. The Morgan fingerprint density at radius 1 is 1.28 bits per heavy atom. The van der Waals surface area contributed by atoms with E-state index < -0.39 is 43.9 Å². The first-order chi connectivity index (χ1) is 11.6. The van der Waals surface area contributed by atoms with Gasteiger partial charge in [-0.3, -0.25) is 14.9 Å². The van der Waals surface area contributed by atoms with Gasteiger partial charge >= 0.3 is 17.5 Å². The first-order valence-corrected chi connectivity index (χ1v) is 8.84. The van der Waals surface area contributed by atoms with Crippen LogP contribution in [-0.2, 0) is 28.9 Å². The van der Waals surface area contributed by atoms with E-state index in [-0.39, 0.29) is 11.5 Å². The average molecular weight is 373 g/mol. The average Bonchev–Trinajstić information content (AvgIpc) is 2.59. The number of carbonyl (C=O) groups excluding carboxylic acids is 2. The Kier molecular flexibility index (Phi) is 6.63. The molecule has 1 aromatic carbocycles. The van der Waals surface area contributed by atoms with Crippen molar-refractivity contribution in [3.63, 3.8) is 0 Å². The smallest absolute Gasteiger partial charge is 0.384 e. The highest BCUT2D eigenvalue weighted by molar-refractivity contribution is 7.92. The third-order valence-corrected chi connectivity index (χ3v) is 5.65. The van der Waals surface area contributed by atoms with Crippen LogP contribution < -0.4 is 0 Å². The summed E-state index contributed by atoms with van der Waals surface area (Å²) in [6.07, 6.45) is -0.914. The lowest BCUT2D eigenvalue weighted by atomic mass is 9.96. The Balaban J connectivity index is 3.39. The molecule has 0 spiro atoms. The highest BCUT2D eigenvalue weighted by Gasteiger charge is 2.54. The van der Waals surface area contributed by atoms with Gasteiger partial charge in [0.25, 0.3) is 0 Å². The molecule has 2 unspecified atom stereocenters. The third-order valence-electron chi connectivity index (χ3n) is 3.61. The lowest BCUT2D eigenvalue weighted by Gasteiger charge is -2.23. The topological polar surface area (TPSA) is 130 Å². The molecule has 0 N–H and O–H groups in total. The standard InChI is InChI=1S/C15H19NO8S/c1-4-24-14(18)15(2,16(19)20)10-12(13(17)23-3)25(21,22)11-8-6-5-7-9-11/h5-9,12H,4,10H2,1-3H3. The summed E-state index contributed by atoms with van der Waals surface area (Å²) in [5.74, 6) is -2.42. The van der Waals surface area contributed by atoms with Crippen LogP contribution in [0.2, 0.25) is 0 Å². The molecule has 0 aromatic heterocycles. The molecule has 0 radical (unpaired) electrons. The van der Waals surface area contributed by atoms with Crippen molar-refractivity contribution in [2.24, 2.45) is 0 Å². The monoisotopic (exact) mass is 373 g/mol. The Morgan fingerprint density at radius 2 is 1.84 bits per heavy atom. The molecule has 0 aliphatic carbocycles. The van der Waals surface area contributed by atoms with E-state index in [2.05, 4.69) is 9.47 Å². The first kappa shape index (κ1) is 20.6. The normalized spacial score (nSPS) is 14.8. The predicted octanol–water partition coefficient (Wildman–Crippen LogP) is 0.990. The lowest BCUT2D eigenvalue weighted by Crippen LogP contribution is -2.50. The molecule has 1 rings (SSSR count). The molecule has 1 aromatic rings. The van der Waals surface area contributed by atoms with Crippen LogP contribution in [0.15, 0.2) is 35.2 Å². The second-order valence-electron chi connectivity index (χ2n) is 5.33. The van der Waals surface area contributed by atoms with Crippen molar-refractivity contribution < 1.29 is 32.4 Å². The van der Waals surface area contributed by atoms with Gasteiger partial charge in [-0.2, -0.15) is 0 Å². The SMILES string of the molecule is CCOC(=O)C(C)(CC(C(=O)OC)S(=O)(=O)c1ccccc1)[N+](=O)[O-]. The largest absolute Gasteiger partial charge is 0.468 e. The van der Waals surface area contributed by atoms with E-state index >= 15 is 0 Å². The molecule has 9 nitrogen and oxygen atoms in total. The summed E-state index contributed by atoms with van der Waals surface area (Å²) in [5, 5.41) is 9.47. The summed E-state index contributed by atoms with van der Waals surface area (Å²) in [6.45, 7) is 2.24. The summed E-state index contributed by atoms with van der Waals surface area (Å²) in [6, 6.07) is 6.96. The van der Waals surface area contributed by atoms with Gasteiger partial charge in [0.05, 0.1) is 25.0 Å². The number of methoxy groups -OCH3 is 1. The van der Waals surface area contributed by atoms with Crippen LogP contribution in [-0.4, -0.2) is 49.8 Å². The number of carbonyl (C=O) groups is 2. The number of nitrogens with zero attached hydrogens (tertiary/aromatic N) is 1. The Bertz CT molecular complexity index is 746. The summed E-state index contributed by atoms with van der Waals surface area (Å²) >= 11 is 0. The third kappa shape index (κ3) is 4.32. The molecule has 0 heterocycles. The van der Waals surface area contributed by atoms with E-state index in [1.165, 1.54) is 31.2 Å². The maximum absolute atomic E-state index is 12.7. The molecule has 0 aliphatic rings. The molecule has 0 bridgehead atoms. The second-order valence-corrected chi connectivity index (χ2v) is 7.46. The van der Waals surface area contributed by atoms with Gasteiger partial charge in [0.2, 0.25) is 0 Å². The Morgan fingerprint density at radius 3 is 2.28 bits per heavy atom. The minimum absolute atomic E-state index is 0.128. The number of hydrogen-bond donors (Lipinski definition) is 0. The zero-order chi connectivity index (χ0) is 19.3. The fourth-order valence-electron chi connectivity index (χ4n) is 2.11. The summed E-state index contributed by atoms with van der Waals surface area (Å²) < 4.78 is 34.6. The van der Waals surface area contributed by atoms with Crippen molar-refractivity contribution in [3.05, 3.63) is 40.4 Å². The molecular formula is C15H19NO8S. The minimum atomic E-state index is -4.31. The molecule has 0 fully saturated rings. The second kappa shape index (κ2) is 8.06. The number of ether oxygens (including phenoxy) is 2. The number of esters is 2. The molecule has 138 valence electrons. The maximum Gasteiger partial charge on any atom is 0.384 e. The maximum atomic E-state index is 12.7. The highest BCUT2D eigenvalue weighted by atomic mass is 32.2. The highest BCUT2D eigenvalue weighted by Crippen LogP contribution is 2.27. The molecule has 0 aliphatic heterocycles. The molecule has 0 amide bonds. The number of hydrogen-bond acceptors (Lipinski definition) is 8. The molecule has 2 atom stereocenters. The van der Waals surface area contributed by atoms with Crippen molar-refractivity contribution in [3.8, 4) is 0 Å². The Labute approximate surface area is 145 Å². The lowest BCUT2D eigenvalue weighted by molar-refractivity contribution is -0.551. The first-order valence-electron chi connectivity index (χ1n) is 7.29. The minimum Gasteiger partial charge on any atom is -0.468 e. The van der Waals surface area contributed by atoms with Crippen molar-refractivity contribution in [1.29, 1.82) is 0 Å². The number of nitro groups is 1. The van der Waals surface area contributed by atoms with Crippen LogP contribution in [0.3, 0.4) is 0 Å². The van der Waals surface area contributed by atoms with E-state index in [1.807, 2.05) is 0 Å². The predicted molar refractivity (Wildman–Crippen MR) is 86.1 cm³/mol.